The molecule has 7 aromatic carbocycles. The summed E-state index contributed by atoms with van der Waals surface area (Å²) in [7, 11) is 0. The number of allylic oxidation sites excluding steroid dienone is 1. The number of anilines is 1. The minimum absolute atomic E-state index is 0.361. The highest BCUT2D eigenvalue weighted by Gasteiger charge is 2.21. The van der Waals surface area contributed by atoms with Crippen molar-refractivity contribution >= 4 is 66.8 Å². The number of aromatic nitrogens is 2. The van der Waals surface area contributed by atoms with Crippen LogP contribution in [0.25, 0.3) is 83.5 Å². The van der Waals surface area contributed by atoms with E-state index in [1.165, 1.54) is 0 Å². The Bertz CT molecular complexity index is 2960. The third-order valence-corrected chi connectivity index (χ3v) is 9.76. The van der Waals surface area contributed by atoms with Gasteiger partial charge in [0.1, 0.15) is 16.9 Å². The van der Waals surface area contributed by atoms with Crippen molar-refractivity contribution in [3.05, 3.63) is 169 Å². The molecule has 2 heterocycles. The Labute approximate surface area is 298 Å². The van der Waals surface area contributed by atoms with E-state index in [0.717, 1.165) is 88.4 Å². The maximum absolute atomic E-state index is 8.78. The minimum atomic E-state index is 0.361. The molecule has 0 saturated carbocycles. The summed E-state index contributed by atoms with van der Waals surface area (Å²) in [5.74, 6) is 0.651. The number of hydrogen-bond donors (Lipinski definition) is 2. The van der Waals surface area contributed by atoms with Crippen LogP contribution in [0.1, 0.15) is 11.1 Å². The van der Waals surface area contributed by atoms with Gasteiger partial charge in [0.15, 0.2) is 5.82 Å². The molecule has 244 valence electrons. The Morgan fingerprint density at radius 3 is 2.21 bits per heavy atom. The van der Waals surface area contributed by atoms with Crippen LogP contribution in [0.3, 0.4) is 0 Å². The lowest BCUT2D eigenvalue weighted by Crippen LogP contribution is -2.19. The average Bonchev–Trinajstić information content (AvgIpc) is 3.58. The summed E-state index contributed by atoms with van der Waals surface area (Å²) in [6.45, 7) is 0. The Hall–Kier alpha value is -7.18. The number of nitrogens with one attached hydrogen (secondary N) is 2. The van der Waals surface area contributed by atoms with Gasteiger partial charge in [0.25, 0.3) is 0 Å². The Morgan fingerprint density at radius 2 is 1.29 bits per heavy atom. The molecule has 6 nitrogen and oxygen atoms in total. The maximum atomic E-state index is 8.78. The molecule has 0 atom stereocenters. The fourth-order valence-electron chi connectivity index (χ4n) is 7.19. The first-order chi connectivity index (χ1) is 25.7. The van der Waals surface area contributed by atoms with Crippen molar-refractivity contribution in [2.75, 3.05) is 5.43 Å². The second-order valence-electron chi connectivity index (χ2n) is 13.0. The van der Waals surface area contributed by atoms with E-state index in [0.29, 0.717) is 17.2 Å². The first-order valence-electron chi connectivity index (χ1n) is 17.2. The maximum Gasteiger partial charge on any atom is 0.160 e. The van der Waals surface area contributed by atoms with Crippen LogP contribution >= 0.6 is 0 Å². The summed E-state index contributed by atoms with van der Waals surface area (Å²) in [4.78, 5) is 10.2. The van der Waals surface area contributed by atoms with E-state index in [1.807, 2.05) is 72.8 Å². The number of hydrogen-bond acceptors (Lipinski definition) is 6. The van der Waals surface area contributed by atoms with Gasteiger partial charge in [-0.1, -0.05) is 109 Å². The molecule has 1 aliphatic carbocycles. The zero-order chi connectivity index (χ0) is 34.6. The van der Waals surface area contributed by atoms with Gasteiger partial charge in [0, 0.05) is 32.8 Å². The number of fused-ring (bicyclic) bond motifs is 7. The van der Waals surface area contributed by atoms with E-state index in [9.17, 15) is 0 Å². The molecule has 0 amide bonds. The lowest BCUT2D eigenvalue weighted by Gasteiger charge is -2.18. The summed E-state index contributed by atoms with van der Waals surface area (Å²) in [5, 5.41) is 18.8. The molecule has 9 aromatic rings. The molecule has 0 spiro atoms. The molecule has 52 heavy (non-hydrogen) atoms. The quantitative estimate of drug-likeness (QED) is 0.179. The summed E-state index contributed by atoms with van der Waals surface area (Å²) < 4.78 is 6.25. The van der Waals surface area contributed by atoms with E-state index in [-0.39, 0.29) is 0 Å². The largest absolute Gasteiger partial charge is 0.456 e. The van der Waals surface area contributed by atoms with Gasteiger partial charge in [-0.3, -0.25) is 10.8 Å². The number of furan rings is 1. The van der Waals surface area contributed by atoms with E-state index in [1.54, 1.807) is 6.08 Å². The number of hydrazone groups is 1. The van der Waals surface area contributed by atoms with E-state index in [4.69, 9.17) is 24.9 Å². The molecular formula is C46H29N5O. The zero-order valence-corrected chi connectivity index (χ0v) is 27.8. The van der Waals surface area contributed by atoms with Gasteiger partial charge in [0.05, 0.1) is 22.6 Å². The lowest BCUT2D eigenvalue weighted by atomic mass is 9.88. The first kappa shape index (κ1) is 29.7. The molecule has 2 aromatic heterocycles. The highest BCUT2D eigenvalue weighted by molar-refractivity contribution is 6.55. The van der Waals surface area contributed by atoms with Gasteiger partial charge < -0.3 is 4.42 Å². The molecule has 0 unspecified atom stereocenters. The van der Waals surface area contributed by atoms with Crippen LogP contribution in [-0.2, 0) is 0 Å². The fourth-order valence-corrected chi connectivity index (χ4v) is 7.19. The standard InChI is InChI=1S/C46H29N5O/c47-39-24-22-29-19-17-28-18-20-31(26-38(28)43(29)45(39)51-50-34-11-2-1-3-12-34)30-9-8-10-33(25-30)46-48-40-15-6-4-14-37(40)44(49-46)32-21-23-36-35-13-5-7-16-41(35)52-42(36)27-32/h1-27,47,50H/b47-39?,51-45+. The third-order valence-electron chi connectivity index (χ3n) is 9.76. The average molecular weight is 668 g/mol. The summed E-state index contributed by atoms with van der Waals surface area (Å²) in [6.07, 6.45) is 3.80. The van der Waals surface area contributed by atoms with Gasteiger partial charge in [-0.05, 0) is 82.1 Å². The summed E-state index contributed by atoms with van der Waals surface area (Å²) in [6, 6.07) is 51.5. The lowest BCUT2D eigenvalue weighted by molar-refractivity contribution is 0.669. The first-order valence-corrected chi connectivity index (χ1v) is 17.2. The van der Waals surface area contributed by atoms with Crippen LogP contribution in [0.4, 0.5) is 5.69 Å². The monoisotopic (exact) mass is 667 g/mol. The Kier molecular flexibility index (Phi) is 6.86. The van der Waals surface area contributed by atoms with Crippen LogP contribution in [0, 0.1) is 5.41 Å². The zero-order valence-electron chi connectivity index (χ0n) is 27.8. The normalized spacial score (nSPS) is 13.4. The van der Waals surface area contributed by atoms with Gasteiger partial charge >= 0.3 is 0 Å². The summed E-state index contributed by atoms with van der Waals surface area (Å²) >= 11 is 0. The van der Waals surface area contributed by atoms with E-state index >= 15 is 0 Å². The van der Waals surface area contributed by atoms with Crippen molar-refractivity contribution in [1.29, 1.82) is 5.41 Å². The van der Waals surface area contributed by atoms with Crippen LogP contribution in [0.2, 0.25) is 0 Å². The van der Waals surface area contributed by atoms with Crippen LogP contribution in [-0.4, -0.2) is 21.4 Å². The SMILES string of the molecule is N=C1C=Cc2ccc3ccc(-c4cccc(-c5nc(-c6ccc7c(c6)oc6ccccc67)c6ccccc6n5)c4)cc3c2/C1=N/Nc1ccccc1. The van der Waals surface area contributed by atoms with Crippen LogP contribution in [0.15, 0.2) is 167 Å². The second-order valence-corrected chi connectivity index (χ2v) is 13.0. The predicted octanol–water partition coefficient (Wildman–Crippen LogP) is 11.5. The predicted molar refractivity (Wildman–Crippen MR) is 214 cm³/mol. The minimum Gasteiger partial charge on any atom is -0.456 e. The van der Waals surface area contributed by atoms with Crippen molar-refractivity contribution < 1.29 is 4.42 Å². The molecule has 0 bridgehead atoms. The smallest absolute Gasteiger partial charge is 0.160 e. The van der Waals surface area contributed by atoms with Crippen molar-refractivity contribution in [3.63, 3.8) is 0 Å². The highest BCUT2D eigenvalue weighted by atomic mass is 16.3. The van der Waals surface area contributed by atoms with Crippen molar-refractivity contribution in [2.45, 2.75) is 0 Å². The van der Waals surface area contributed by atoms with Crippen molar-refractivity contribution in [2.24, 2.45) is 5.10 Å². The molecule has 0 aliphatic heterocycles. The Balaban J connectivity index is 1.08. The Morgan fingerprint density at radius 1 is 0.538 bits per heavy atom. The van der Waals surface area contributed by atoms with Crippen molar-refractivity contribution in [1.82, 2.24) is 9.97 Å². The third kappa shape index (κ3) is 5.05. The molecule has 0 saturated heterocycles. The fraction of sp³-hybridized carbons (Fsp3) is 0. The number of rotatable bonds is 5. The van der Waals surface area contributed by atoms with Gasteiger partial charge in [0.2, 0.25) is 0 Å². The molecule has 1 aliphatic rings. The molecule has 0 radical (unpaired) electrons. The highest BCUT2D eigenvalue weighted by Crippen LogP contribution is 2.36. The second kappa shape index (κ2) is 12.0. The molecule has 0 fully saturated rings. The molecule has 10 rings (SSSR count). The van der Waals surface area contributed by atoms with E-state index in [2.05, 4.69) is 90.4 Å². The van der Waals surface area contributed by atoms with Gasteiger partial charge in [-0.25, -0.2) is 9.97 Å². The number of para-hydroxylation sites is 3. The van der Waals surface area contributed by atoms with Crippen molar-refractivity contribution in [3.8, 4) is 33.8 Å². The van der Waals surface area contributed by atoms with Crippen LogP contribution in [0.5, 0.6) is 0 Å². The molecule has 6 heteroatoms. The topological polar surface area (TPSA) is 87.2 Å². The molecular weight excluding hydrogens is 639 g/mol. The summed E-state index contributed by atoms with van der Waals surface area (Å²) in [5.41, 5.74) is 14.4. The van der Waals surface area contributed by atoms with Gasteiger partial charge in [-0.15, -0.1) is 0 Å². The number of benzene rings is 7. The van der Waals surface area contributed by atoms with Gasteiger partial charge in [-0.2, -0.15) is 5.10 Å². The van der Waals surface area contributed by atoms with E-state index < -0.39 is 0 Å². The molecule has 2 N–H and O–H groups in total. The number of nitrogens with zero attached hydrogens (tertiary/aromatic N) is 3. The van der Waals surface area contributed by atoms with Crippen LogP contribution < -0.4 is 5.43 Å².